The molecule has 1 aromatic rings. The number of benzene rings is 1. The summed E-state index contributed by atoms with van der Waals surface area (Å²) in [7, 11) is -3.77. The van der Waals surface area contributed by atoms with Gasteiger partial charge in [0.05, 0.1) is 10.9 Å². The molecule has 1 amide bonds. The smallest absolute Gasteiger partial charge is 0.241 e. The second-order valence-corrected chi connectivity index (χ2v) is 6.59. The molecule has 0 spiro atoms. The maximum atomic E-state index is 12.2. The zero-order valence-corrected chi connectivity index (χ0v) is 15.1. The van der Waals surface area contributed by atoms with Crippen LogP contribution < -0.4 is 15.8 Å². The minimum atomic E-state index is -3.77. The van der Waals surface area contributed by atoms with Gasteiger partial charge in [-0.3, -0.25) is 9.69 Å². The van der Waals surface area contributed by atoms with Gasteiger partial charge in [0.1, 0.15) is 0 Å². The molecule has 0 bridgehead atoms. The first-order valence-corrected chi connectivity index (χ1v) is 8.31. The summed E-state index contributed by atoms with van der Waals surface area (Å²) in [5.41, 5.74) is 0.425. The van der Waals surface area contributed by atoms with E-state index in [1.807, 2.05) is 6.92 Å². The largest absolute Gasteiger partial charge is 0.325 e. The van der Waals surface area contributed by atoms with Gasteiger partial charge in [0.15, 0.2) is 0 Å². The molecule has 1 atom stereocenters. The van der Waals surface area contributed by atoms with Crippen LogP contribution in [0.2, 0.25) is 0 Å². The van der Waals surface area contributed by atoms with Gasteiger partial charge in [-0.2, -0.15) is 0 Å². The van der Waals surface area contributed by atoms with Crippen LogP contribution in [0.3, 0.4) is 0 Å². The van der Waals surface area contributed by atoms with Crippen molar-refractivity contribution >= 4 is 46.4 Å². The van der Waals surface area contributed by atoms with Crippen LogP contribution in [0, 0.1) is 0 Å². The fourth-order valence-corrected chi connectivity index (χ4v) is 2.79. The van der Waals surface area contributed by atoms with Crippen LogP contribution in [0.15, 0.2) is 29.2 Å². The number of carbonyl (C=O) groups excluding carboxylic acids is 1. The Kier molecular flexibility index (Phi) is 9.04. The van der Waals surface area contributed by atoms with Crippen molar-refractivity contribution in [2.75, 3.05) is 31.5 Å². The highest BCUT2D eigenvalue weighted by Crippen LogP contribution is 2.15. The Balaban J connectivity index is 0.00000242. The van der Waals surface area contributed by atoms with Crippen molar-refractivity contribution in [1.82, 2.24) is 10.2 Å². The maximum absolute atomic E-state index is 12.2. The normalized spacial score (nSPS) is 16.6. The highest BCUT2D eigenvalue weighted by atomic mass is 35.5. The number of halogens is 2. The van der Waals surface area contributed by atoms with Gasteiger partial charge in [0, 0.05) is 31.9 Å². The van der Waals surface area contributed by atoms with Crippen LogP contribution in [0.5, 0.6) is 0 Å². The van der Waals surface area contributed by atoms with Gasteiger partial charge in [0.25, 0.3) is 0 Å². The van der Waals surface area contributed by atoms with E-state index < -0.39 is 10.0 Å². The van der Waals surface area contributed by atoms with Crippen LogP contribution in [0.1, 0.15) is 6.92 Å². The van der Waals surface area contributed by atoms with E-state index in [1.165, 1.54) is 12.1 Å². The van der Waals surface area contributed by atoms with Crippen molar-refractivity contribution in [3.8, 4) is 0 Å². The number of hydrogen-bond acceptors (Lipinski definition) is 5. The Hall–Kier alpha value is -0.900. The number of primary sulfonamides is 1. The average molecular weight is 385 g/mol. The van der Waals surface area contributed by atoms with E-state index in [0.29, 0.717) is 5.69 Å². The summed E-state index contributed by atoms with van der Waals surface area (Å²) in [5.74, 6) is -0.163. The molecule has 0 aromatic heterocycles. The lowest BCUT2D eigenvalue weighted by Crippen LogP contribution is -2.51. The molecule has 10 heteroatoms. The molecular formula is C13H22Cl2N4O3S. The molecule has 1 saturated heterocycles. The summed E-state index contributed by atoms with van der Waals surface area (Å²) in [6, 6.07) is 5.66. The van der Waals surface area contributed by atoms with Crippen LogP contribution in [-0.2, 0) is 14.8 Å². The minimum absolute atomic E-state index is 0. The molecule has 1 aliphatic rings. The first-order valence-electron chi connectivity index (χ1n) is 6.76. The molecule has 4 N–H and O–H groups in total. The Morgan fingerprint density at radius 2 is 1.91 bits per heavy atom. The summed E-state index contributed by atoms with van der Waals surface area (Å²) in [6.45, 7) is 5.18. The number of amides is 1. The molecule has 132 valence electrons. The van der Waals surface area contributed by atoms with E-state index >= 15 is 0 Å². The molecule has 23 heavy (non-hydrogen) atoms. The number of nitrogens with one attached hydrogen (secondary N) is 2. The van der Waals surface area contributed by atoms with Crippen LogP contribution >= 0.6 is 24.8 Å². The zero-order chi connectivity index (χ0) is 15.5. The third kappa shape index (κ3) is 6.25. The van der Waals surface area contributed by atoms with Crippen molar-refractivity contribution < 1.29 is 13.2 Å². The molecule has 0 saturated carbocycles. The Labute approximate surface area is 148 Å². The number of hydrogen-bond donors (Lipinski definition) is 3. The highest BCUT2D eigenvalue weighted by molar-refractivity contribution is 7.89. The molecule has 7 nitrogen and oxygen atoms in total. The summed E-state index contributed by atoms with van der Waals surface area (Å²) in [4.78, 5) is 14.3. The van der Waals surface area contributed by atoms with Crippen LogP contribution in [0.25, 0.3) is 0 Å². The van der Waals surface area contributed by atoms with Crippen LogP contribution in [0.4, 0.5) is 5.69 Å². The van der Waals surface area contributed by atoms with E-state index in [9.17, 15) is 13.2 Å². The molecule has 0 radical (unpaired) electrons. The second-order valence-electron chi connectivity index (χ2n) is 5.02. The maximum Gasteiger partial charge on any atom is 0.241 e. The Morgan fingerprint density at radius 1 is 1.30 bits per heavy atom. The average Bonchev–Trinajstić information content (AvgIpc) is 2.47. The van der Waals surface area contributed by atoms with E-state index in [2.05, 4.69) is 15.5 Å². The number of nitrogens with zero attached hydrogens (tertiary/aromatic N) is 1. The van der Waals surface area contributed by atoms with Gasteiger partial charge in [-0.25, -0.2) is 13.6 Å². The number of rotatable bonds is 4. The first-order chi connectivity index (χ1) is 9.88. The number of anilines is 1. The van der Waals surface area contributed by atoms with Gasteiger partial charge in [-0.05, 0) is 25.1 Å². The lowest BCUT2D eigenvalue weighted by Gasteiger charge is -2.31. The van der Waals surface area contributed by atoms with Crippen molar-refractivity contribution in [1.29, 1.82) is 0 Å². The predicted octanol–water partition coefficient (Wildman–Crippen LogP) is 0.410. The molecule has 1 aliphatic heterocycles. The third-order valence-electron chi connectivity index (χ3n) is 3.51. The fraction of sp³-hybridized carbons (Fsp3) is 0.462. The van der Waals surface area contributed by atoms with Gasteiger partial charge < -0.3 is 10.6 Å². The van der Waals surface area contributed by atoms with E-state index in [1.54, 1.807) is 12.1 Å². The number of piperazine rings is 1. The number of sulfonamides is 1. The van der Waals surface area contributed by atoms with Crippen molar-refractivity contribution in [2.45, 2.75) is 17.9 Å². The molecule has 0 aliphatic carbocycles. The zero-order valence-electron chi connectivity index (χ0n) is 12.7. The van der Waals surface area contributed by atoms with Gasteiger partial charge in [-0.15, -0.1) is 24.8 Å². The van der Waals surface area contributed by atoms with E-state index in [-0.39, 0.29) is 41.7 Å². The molecule has 1 fully saturated rings. The molecule has 1 aromatic carbocycles. The molecule has 2 rings (SSSR count). The topological polar surface area (TPSA) is 105 Å². The van der Waals surface area contributed by atoms with Crippen molar-refractivity contribution in [3.63, 3.8) is 0 Å². The second kappa shape index (κ2) is 9.41. The van der Waals surface area contributed by atoms with Gasteiger partial charge in [0.2, 0.25) is 15.9 Å². The third-order valence-corrected chi connectivity index (χ3v) is 4.42. The first kappa shape index (κ1) is 22.1. The Bertz CT molecular complexity index is 621. The minimum Gasteiger partial charge on any atom is -0.325 e. The van der Waals surface area contributed by atoms with Gasteiger partial charge in [-0.1, -0.05) is 6.07 Å². The van der Waals surface area contributed by atoms with Crippen molar-refractivity contribution in [3.05, 3.63) is 24.3 Å². The molecule has 1 unspecified atom stereocenters. The van der Waals surface area contributed by atoms with Crippen LogP contribution in [-0.4, -0.2) is 51.4 Å². The lowest BCUT2D eigenvalue weighted by atomic mass is 10.2. The predicted molar refractivity (Wildman–Crippen MR) is 94.8 cm³/mol. The number of carbonyl (C=O) groups is 1. The van der Waals surface area contributed by atoms with E-state index in [0.717, 1.165) is 26.2 Å². The molecular weight excluding hydrogens is 363 g/mol. The van der Waals surface area contributed by atoms with Crippen molar-refractivity contribution in [2.24, 2.45) is 5.14 Å². The fourth-order valence-electron chi connectivity index (χ4n) is 2.23. The SMILES string of the molecule is CC(C(=O)Nc1cccc(S(N)(=O)=O)c1)N1CCNCC1.Cl.Cl. The molecule has 1 heterocycles. The monoisotopic (exact) mass is 384 g/mol. The quantitative estimate of drug-likeness (QED) is 0.697. The standard InChI is InChI=1S/C13H20N4O3S.2ClH/c1-10(17-7-5-15-6-8-17)13(18)16-11-3-2-4-12(9-11)21(14,19)20;;/h2-4,9-10,15H,5-8H2,1H3,(H,16,18)(H2,14,19,20);2*1H. The summed E-state index contributed by atoms with van der Waals surface area (Å²) in [5, 5.41) is 11.0. The summed E-state index contributed by atoms with van der Waals surface area (Å²) < 4.78 is 22.6. The van der Waals surface area contributed by atoms with Gasteiger partial charge >= 0.3 is 0 Å². The lowest BCUT2D eigenvalue weighted by molar-refractivity contribution is -0.120. The number of nitrogens with two attached hydrogens (primary N) is 1. The van der Waals surface area contributed by atoms with E-state index in [4.69, 9.17) is 5.14 Å². The summed E-state index contributed by atoms with van der Waals surface area (Å²) >= 11 is 0. The highest BCUT2D eigenvalue weighted by Gasteiger charge is 2.22. The summed E-state index contributed by atoms with van der Waals surface area (Å²) in [6.07, 6.45) is 0. The Morgan fingerprint density at radius 3 is 2.48 bits per heavy atom.